The lowest BCUT2D eigenvalue weighted by Gasteiger charge is -2.14. The number of carbonyl (C=O) groups is 1. The minimum Gasteiger partial charge on any atom is -0.493 e. The molecule has 0 atom stereocenters. The maximum absolute atomic E-state index is 12.4. The highest BCUT2D eigenvalue weighted by Gasteiger charge is 2.30. The number of methoxy groups -OCH3 is 1. The first kappa shape index (κ1) is 23.0. The Kier molecular flexibility index (Phi) is 8.20. The molecule has 8 heteroatoms. The van der Waals surface area contributed by atoms with Crippen molar-refractivity contribution in [3.63, 3.8) is 0 Å². The van der Waals surface area contributed by atoms with Crippen LogP contribution in [0.3, 0.4) is 0 Å². The van der Waals surface area contributed by atoms with Crippen LogP contribution in [0.5, 0.6) is 23.0 Å². The fourth-order valence-corrected chi connectivity index (χ4v) is 4.35. The molecule has 0 radical (unpaired) electrons. The van der Waals surface area contributed by atoms with Crippen LogP contribution in [0, 0.1) is 0 Å². The SMILES string of the molecule is CCOc1cc(C=C2SC(=S)N(CC)C2=O)ccc1OCCOc1ccccc1OC. The Bertz CT molecular complexity index is 976. The average Bonchev–Trinajstić information content (AvgIpc) is 3.05. The van der Waals surface area contributed by atoms with Gasteiger partial charge in [-0.25, -0.2) is 0 Å². The van der Waals surface area contributed by atoms with E-state index in [2.05, 4.69) is 0 Å². The lowest BCUT2D eigenvalue weighted by atomic mass is 10.2. The molecule has 2 aromatic rings. The molecule has 0 N–H and O–H groups in total. The van der Waals surface area contributed by atoms with E-state index in [1.807, 2.05) is 62.4 Å². The molecule has 1 saturated heterocycles. The predicted octanol–water partition coefficient (Wildman–Crippen LogP) is 4.77. The second-order valence-electron chi connectivity index (χ2n) is 6.41. The Labute approximate surface area is 192 Å². The van der Waals surface area contributed by atoms with Crippen molar-refractivity contribution in [1.82, 2.24) is 4.90 Å². The number of benzene rings is 2. The molecule has 0 aromatic heterocycles. The summed E-state index contributed by atoms with van der Waals surface area (Å²) in [5, 5.41) is 0. The van der Waals surface area contributed by atoms with Crippen LogP contribution < -0.4 is 18.9 Å². The largest absolute Gasteiger partial charge is 0.493 e. The molecule has 1 aliphatic heterocycles. The van der Waals surface area contributed by atoms with Crippen LogP contribution in [0.2, 0.25) is 0 Å². The fourth-order valence-electron chi connectivity index (χ4n) is 2.97. The van der Waals surface area contributed by atoms with E-state index in [1.54, 1.807) is 12.0 Å². The molecule has 0 unspecified atom stereocenters. The third-order valence-electron chi connectivity index (χ3n) is 4.42. The summed E-state index contributed by atoms with van der Waals surface area (Å²) in [6.45, 7) is 5.57. The van der Waals surface area contributed by atoms with Gasteiger partial charge in [0.15, 0.2) is 23.0 Å². The van der Waals surface area contributed by atoms with Gasteiger partial charge in [-0.3, -0.25) is 9.69 Å². The molecule has 3 rings (SSSR count). The summed E-state index contributed by atoms with van der Waals surface area (Å²) in [6.07, 6.45) is 1.83. The van der Waals surface area contributed by atoms with Crippen LogP contribution in [0.1, 0.15) is 19.4 Å². The van der Waals surface area contributed by atoms with E-state index in [-0.39, 0.29) is 5.91 Å². The van der Waals surface area contributed by atoms with E-state index in [9.17, 15) is 4.79 Å². The highest BCUT2D eigenvalue weighted by Crippen LogP contribution is 2.35. The summed E-state index contributed by atoms with van der Waals surface area (Å²) < 4.78 is 23.2. The van der Waals surface area contributed by atoms with Crippen LogP contribution in [0.25, 0.3) is 6.08 Å². The van der Waals surface area contributed by atoms with Gasteiger partial charge >= 0.3 is 0 Å². The molecule has 1 amide bonds. The van der Waals surface area contributed by atoms with Gasteiger partial charge in [0.25, 0.3) is 5.91 Å². The zero-order chi connectivity index (χ0) is 22.2. The van der Waals surface area contributed by atoms with Crippen molar-refractivity contribution >= 4 is 40.3 Å². The zero-order valence-electron chi connectivity index (χ0n) is 17.8. The maximum Gasteiger partial charge on any atom is 0.266 e. The maximum atomic E-state index is 12.4. The molecule has 0 saturated carbocycles. The van der Waals surface area contributed by atoms with E-state index in [0.717, 1.165) is 5.56 Å². The molecule has 0 bridgehead atoms. The van der Waals surface area contributed by atoms with Gasteiger partial charge in [-0.2, -0.15) is 0 Å². The number of likely N-dealkylation sites (N-methyl/N-ethyl adjacent to an activating group) is 1. The molecule has 0 aliphatic carbocycles. The topological polar surface area (TPSA) is 57.2 Å². The Morgan fingerprint density at radius 2 is 1.65 bits per heavy atom. The van der Waals surface area contributed by atoms with E-state index >= 15 is 0 Å². The van der Waals surface area contributed by atoms with Crippen LogP contribution in [0.15, 0.2) is 47.4 Å². The van der Waals surface area contributed by atoms with Crippen molar-refractivity contribution in [3.8, 4) is 23.0 Å². The van der Waals surface area contributed by atoms with Crippen molar-refractivity contribution in [2.24, 2.45) is 0 Å². The van der Waals surface area contributed by atoms with E-state index in [1.165, 1.54) is 11.8 Å². The number of thiocarbonyl (C=S) groups is 1. The molecule has 6 nitrogen and oxygen atoms in total. The van der Waals surface area contributed by atoms with Crippen molar-refractivity contribution < 1.29 is 23.7 Å². The van der Waals surface area contributed by atoms with Crippen LogP contribution >= 0.6 is 24.0 Å². The lowest BCUT2D eigenvalue weighted by molar-refractivity contribution is -0.121. The monoisotopic (exact) mass is 459 g/mol. The minimum atomic E-state index is -0.0655. The first-order valence-electron chi connectivity index (χ1n) is 9.98. The van der Waals surface area contributed by atoms with Gasteiger partial charge in [-0.15, -0.1) is 0 Å². The summed E-state index contributed by atoms with van der Waals surface area (Å²) in [5.74, 6) is 2.50. The average molecular weight is 460 g/mol. The minimum absolute atomic E-state index is 0.0655. The number of amides is 1. The van der Waals surface area contributed by atoms with Gasteiger partial charge in [-0.1, -0.05) is 42.2 Å². The van der Waals surface area contributed by atoms with Crippen LogP contribution in [0.4, 0.5) is 0 Å². The molecular weight excluding hydrogens is 434 g/mol. The Hall–Kier alpha value is -2.71. The van der Waals surface area contributed by atoms with E-state index < -0.39 is 0 Å². The highest BCUT2D eigenvalue weighted by molar-refractivity contribution is 8.26. The fraction of sp³-hybridized carbons (Fsp3) is 0.304. The molecule has 1 fully saturated rings. The number of hydrogen-bond acceptors (Lipinski definition) is 7. The third-order valence-corrected chi connectivity index (χ3v) is 5.80. The predicted molar refractivity (Wildman–Crippen MR) is 127 cm³/mol. The van der Waals surface area contributed by atoms with Crippen molar-refractivity contribution in [1.29, 1.82) is 0 Å². The van der Waals surface area contributed by atoms with Crippen LogP contribution in [-0.4, -0.2) is 48.6 Å². The Balaban J connectivity index is 1.66. The summed E-state index contributed by atoms with van der Waals surface area (Å²) in [5.41, 5.74) is 0.845. The van der Waals surface area contributed by atoms with Crippen molar-refractivity contribution in [2.45, 2.75) is 13.8 Å². The number of para-hydroxylation sites is 2. The number of rotatable bonds is 10. The van der Waals surface area contributed by atoms with Crippen molar-refractivity contribution in [3.05, 3.63) is 52.9 Å². The molecule has 1 aliphatic rings. The summed E-state index contributed by atoms with van der Waals surface area (Å²) in [6, 6.07) is 13.0. The van der Waals surface area contributed by atoms with E-state index in [4.69, 9.17) is 31.2 Å². The lowest BCUT2D eigenvalue weighted by Crippen LogP contribution is -2.27. The molecule has 164 valence electrons. The molecular formula is C23H25NO5S2. The number of hydrogen-bond donors (Lipinski definition) is 0. The smallest absolute Gasteiger partial charge is 0.266 e. The molecule has 0 spiro atoms. The molecule has 1 heterocycles. The van der Waals surface area contributed by atoms with Crippen LogP contribution in [-0.2, 0) is 4.79 Å². The van der Waals surface area contributed by atoms with Gasteiger partial charge in [0.2, 0.25) is 0 Å². The highest BCUT2D eigenvalue weighted by atomic mass is 32.2. The summed E-state index contributed by atoms with van der Waals surface area (Å²) in [7, 11) is 1.61. The Morgan fingerprint density at radius 1 is 0.968 bits per heavy atom. The third kappa shape index (κ3) is 5.71. The van der Waals surface area contributed by atoms with Gasteiger partial charge in [0.05, 0.1) is 18.6 Å². The Morgan fingerprint density at radius 3 is 2.26 bits per heavy atom. The first-order chi connectivity index (χ1) is 15.1. The first-order valence-corrected chi connectivity index (χ1v) is 11.2. The van der Waals surface area contributed by atoms with E-state index in [0.29, 0.717) is 58.6 Å². The van der Waals surface area contributed by atoms with Gasteiger partial charge in [-0.05, 0) is 49.8 Å². The second-order valence-corrected chi connectivity index (χ2v) is 8.09. The standard InChI is InChI=1S/C23H25NO5S2/c1-4-24-22(25)21(31-23(24)30)15-16-10-11-19(20(14-16)27-5-2)29-13-12-28-18-9-7-6-8-17(18)26-3/h6-11,14-15H,4-5,12-13H2,1-3H3. The quantitative estimate of drug-likeness (QED) is 0.288. The number of nitrogens with zero attached hydrogens (tertiary/aromatic N) is 1. The van der Waals surface area contributed by atoms with Gasteiger partial charge in [0.1, 0.15) is 17.5 Å². The molecule has 31 heavy (non-hydrogen) atoms. The number of thioether (sulfide) groups is 1. The van der Waals surface area contributed by atoms with Gasteiger partial charge < -0.3 is 18.9 Å². The second kappa shape index (κ2) is 11.1. The van der Waals surface area contributed by atoms with Crippen molar-refractivity contribution in [2.75, 3.05) is 33.5 Å². The number of carbonyl (C=O) groups excluding carboxylic acids is 1. The zero-order valence-corrected chi connectivity index (χ0v) is 19.4. The van der Waals surface area contributed by atoms with Gasteiger partial charge in [0, 0.05) is 6.54 Å². The summed E-state index contributed by atoms with van der Waals surface area (Å²) in [4.78, 5) is 14.6. The number of ether oxygens (including phenoxy) is 4. The summed E-state index contributed by atoms with van der Waals surface area (Å²) >= 11 is 6.58. The molecule has 2 aromatic carbocycles. The normalized spacial score (nSPS) is 14.8.